The summed E-state index contributed by atoms with van der Waals surface area (Å²) in [6.07, 6.45) is 2.98. The van der Waals surface area contributed by atoms with E-state index in [4.69, 9.17) is 4.74 Å². The fourth-order valence-electron chi connectivity index (χ4n) is 2.31. The van der Waals surface area contributed by atoms with E-state index in [9.17, 15) is 14.0 Å². The number of anilines is 1. The number of amides is 2. The summed E-state index contributed by atoms with van der Waals surface area (Å²) in [7, 11) is 1.40. The first-order chi connectivity index (χ1) is 11.1. The standard InChI is InChI=1S/C15H13FN4O3/c1-23-12-7-17-6-11(19-12)15(22)20-10-3-2-9-8(13(10)16)4-5-18-14(9)21/h2-3,6-7H,4-5H2,1H3,(H,18,21)(H,20,22). The molecule has 2 heterocycles. The molecule has 2 aromatic rings. The van der Waals surface area contributed by atoms with Crippen LogP contribution in [-0.4, -0.2) is 35.4 Å². The van der Waals surface area contributed by atoms with Crippen molar-refractivity contribution in [2.24, 2.45) is 0 Å². The first-order valence-corrected chi connectivity index (χ1v) is 6.87. The van der Waals surface area contributed by atoms with Gasteiger partial charge in [-0.3, -0.25) is 14.6 Å². The summed E-state index contributed by atoms with van der Waals surface area (Å²) in [5.41, 5.74) is 0.573. The van der Waals surface area contributed by atoms with Gasteiger partial charge in [0.2, 0.25) is 5.88 Å². The zero-order valence-electron chi connectivity index (χ0n) is 12.2. The highest BCUT2D eigenvalue weighted by Crippen LogP contribution is 2.25. The molecule has 2 N–H and O–H groups in total. The van der Waals surface area contributed by atoms with Crippen LogP contribution in [0, 0.1) is 5.82 Å². The lowest BCUT2D eigenvalue weighted by Crippen LogP contribution is -2.32. The van der Waals surface area contributed by atoms with Gasteiger partial charge >= 0.3 is 0 Å². The maximum Gasteiger partial charge on any atom is 0.276 e. The van der Waals surface area contributed by atoms with E-state index in [-0.39, 0.29) is 28.7 Å². The number of methoxy groups -OCH3 is 1. The van der Waals surface area contributed by atoms with Gasteiger partial charge in [0.05, 0.1) is 25.2 Å². The van der Waals surface area contributed by atoms with E-state index in [1.807, 2.05) is 0 Å². The molecule has 3 rings (SSSR count). The van der Waals surface area contributed by atoms with Gasteiger partial charge in [0.1, 0.15) is 0 Å². The van der Waals surface area contributed by atoms with Crippen molar-refractivity contribution in [3.05, 3.63) is 47.2 Å². The molecule has 0 fully saturated rings. The molecule has 1 aliphatic heterocycles. The van der Waals surface area contributed by atoms with Gasteiger partial charge in [0, 0.05) is 17.7 Å². The fourth-order valence-corrected chi connectivity index (χ4v) is 2.31. The average molecular weight is 316 g/mol. The smallest absolute Gasteiger partial charge is 0.276 e. The van der Waals surface area contributed by atoms with Crippen LogP contribution in [0.2, 0.25) is 0 Å². The number of rotatable bonds is 3. The number of nitrogens with zero attached hydrogens (tertiary/aromatic N) is 2. The second-order valence-corrected chi connectivity index (χ2v) is 4.86. The number of hydrogen-bond acceptors (Lipinski definition) is 5. The Morgan fingerprint density at radius 3 is 3.00 bits per heavy atom. The first-order valence-electron chi connectivity index (χ1n) is 6.87. The van der Waals surface area contributed by atoms with Gasteiger partial charge in [0.25, 0.3) is 11.8 Å². The molecule has 0 bridgehead atoms. The summed E-state index contributed by atoms with van der Waals surface area (Å²) in [4.78, 5) is 31.6. The lowest BCUT2D eigenvalue weighted by atomic mass is 9.99. The Bertz CT molecular complexity index is 794. The average Bonchev–Trinajstić information content (AvgIpc) is 2.58. The van der Waals surface area contributed by atoms with E-state index in [1.54, 1.807) is 0 Å². The molecule has 1 aromatic heterocycles. The van der Waals surface area contributed by atoms with Gasteiger partial charge in [-0.2, -0.15) is 0 Å². The molecular weight excluding hydrogens is 303 g/mol. The lowest BCUT2D eigenvalue weighted by Gasteiger charge is -2.18. The number of carbonyl (C=O) groups excluding carboxylic acids is 2. The summed E-state index contributed by atoms with van der Waals surface area (Å²) < 4.78 is 19.4. The second-order valence-electron chi connectivity index (χ2n) is 4.86. The second kappa shape index (κ2) is 5.99. The minimum atomic E-state index is -0.615. The van der Waals surface area contributed by atoms with E-state index in [0.717, 1.165) is 0 Å². The number of aromatic nitrogens is 2. The molecule has 0 saturated carbocycles. The molecule has 2 amide bonds. The van der Waals surface area contributed by atoms with E-state index in [0.29, 0.717) is 18.5 Å². The van der Waals surface area contributed by atoms with Crippen molar-refractivity contribution < 1.29 is 18.7 Å². The molecule has 0 aliphatic carbocycles. The van der Waals surface area contributed by atoms with Crippen LogP contribution in [0.25, 0.3) is 0 Å². The molecule has 23 heavy (non-hydrogen) atoms. The van der Waals surface area contributed by atoms with Crippen molar-refractivity contribution in [1.82, 2.24) is 15.3 Å². The molecule has 0 saturated heterocycles. The molecular formula is C15H13FN4O3. The Labute approximate surface area is 130 Å². The quantitative estimate of drug-likeness (QED) is 0.886. The number of ether oxygens (including phenoxy) is 1. The Kier molecular flexibility index (Phi) is 3.88. The normalized spacial score (nSPS) is 13.0. The van der Waals surface area contributed by atoms with Crippen LogP contribution in [0.4, 0.5) is 10.1 Å². The Morgan fingerprint density at radius 2 is 2.22 bits per heavy atom. The Morgan fingerprint density at radius 1 is 1.39 bits per heavy atom. The first kappa shape index (κ1) is 14.9. The zero-order valence-corrected chi connectivity index (χ0v) is 12.2. The highest BCUT2D eigenvalue weighted by atomic mass is 19.1. The number of nitrogens with one attached hydrogen (secondary N) is 2. The highest BCUT2D eigenvalue weighted by Gasteiger charge is 2.23. The molecule has 7 nitrogen and oxygen atoms in total. The van der Waals surface area contributed by atoms with E-state index in [2.05, 4.69) is 20.6 Å². The molecule has 1 aromatic carbocycles. The third-order valence-electron chi connectivity index (χ3n) is 3.45. The molecule has 0 spiro atoms. The van der Waals surface area contributed by atoms with Crippen molar-refractivity contribution in [2.75, 3.05) is 19.0 Å². The monoisotopic (exact) mass is 316 g/mol. The van der Waals surface area contributed by atoms with Crippen molar-refractivity contribution >= 4 is 17.5 Å². The third-order valence-corrected chi connectivity index (χ3v) is 3.45. The van der Waals surface area contributed by atoms with Gasteiger partial charge < -0.3 is 15.4 Å². The van der Waals surface area contributed by atoms with Crippen LogP contribution in [-0.2, 0) is 6.42 Å². The minimum Gasteiger partial charge on any atom is -0.480 e. The van der Waals surface area contributed by atoms with Crippen molar-refractivity contribution in [3.63, 3.8) is 0 Å². The van der Waals surface area contributed by atoms with Crippen LogP contribution >= 0.6 is 0 Å². The van der Waals surface area contributed by atoms with Crippen LogP contribution in [0.15, 0.2) is 24.5 Å². The summed E-state index contributed by atoms with van der Waals surface area (Å²) in [5, 5.41) is 5.08. The number of benzene rings is 1. The van der Waals surface area contributed by atoms with Gasteiger partial charge in [-0.25, -0.2) is 9.37 Å². The van der Waals surface area contributed by atoms with Gasteiger partial charge in [-0.05, 0) is 18.6 Å². The molecule has 118 valence electrons. The minimum absolute atomic E-state index is 0.000728. The van der Waals surface area contributed by atoms with Crippen LogP contribution in [0.1, 0.15) is 26.4 Å². The molecule has 0 atom stereocenters. The van der Waals surface area contributed by atoms with E-state index < -0.39 is 11.7 Å². The molecule has 0 unspecified atom stereocenters. The number of hydrogen-bond donors (Lipinski definition) is 2. The molecule has 8 heteroatoms. The Balaban J connectivity index is 1.88. The van der Waals surface area contributed by atoms with Crippen molar-refractivity contribution in [2.45, 2.75) is 6.42 Å². The van der Waals surface area contributed by atoms with Crippen LogP contribution < -0.4 is 15.4 Å². The zero-order chi connectivity index (χ0) is 16.4. The van der Waals surface area contributed by atoms with E-state index in [1.165, 1.54) is 31.6 Å². The number of fused-ring (bicyclic) bond motifs is 1. The summed E-state index contributed by atoms with van der Waals surface area (Å²) in [5.74, 6) is -1.36. The van der Waals surface area contributed by atoms with Crippen molar-refractivity contribution in [3.8, 4) is 5.88 Å². The molecule has 0 radical (unpaired) electrons. The van der Waals surface area contributed by atoms with Gasteiger partial charge in [-0.1, -0.05) is 0 Å². The maximum absolute atomic E-state index is 14.5. The fraction of sp³-hybridized carbons (Fsp3) is 0.200. The number of halogens is 1. The third kappa shape index (κ3) is 2.83. The van der Waals surface area contributed by atoms with Crippen LogP contribution in [0.3, 0.4) is 0 Å². The summed E-state index contributed by atoms with van der Waals surface area (Å²) in [6, 6.07) is 2.84. The summed E-state index contributed by atoms with van der Waals surface area (Å²) >= 11 is 0. The van der Waals surface area contributed by atoms with E-state index >= 15 is 0 Å². The predicted molar refractivity (Wildman–Crippen MR) is 79.0 cm³/mol. The van der Waals surface area contributed by atoms with Gasteiger partial charge in [0.15, 0.2) is 11.5 Å². The lowest BCUT2D eigenvalue weighted by molar-refractivity contribution is 0.0944. The highest BCUT2D eigenvalue weighted by molar-refractivity contribution is 6.03. The predicted octanol–water partition coefficient (Wildman–Crippen LogP) is 1.16. The Hall–Kier alpha value is -3.03. The number of carbonyl (C=O) groups is 2. The molecule has 1 aliphatic rings. The van der Waals surface area contributed by atoms with Crippen LogP contribution in [0.5, 0.6) is 5.88 Å². The maximum atomic E-state index is 14.5. The summed E-state index contributed by atoms with van der Waals surface area (Å²) in [6.45, 7) is 0.363. The van der Waals surface area contributed by atoms with Crippen molar-refractivity contribution in [1.29, 1.82) is 0 Å². The van der Waals surface area contributed by atoms with Gasteiger partial charge in [-0.15, -0.1) is 0 Å². The topological polar surface area (TPSA) is 93.2 Å². The largest absolute Gasteiger partial charge is 0.480 e. The SMILES string of the molecule is COc1cncc(C(=O)Nc2ccc3c(c2F)CCNC3=O)n1.